The molecule has 2 nitrogen and oxygen atoms in total. The zero-order valence-corrected chi connectivity index (χ0v) is 14.0. The topological polar surface area (TPSA) is 21.3 Å². The van der Waals surface area contributed by atoms with Crippen molar-refractivity contribution in [2.75, 3.05) is 13.2 Å². The molecule has 0 amide bonds. The van der Waals surface area contributed by atoms with E-state index in [4.69, 9.17) is 4.74 Å². The minimum atomic E-state index is 0.00961. The lowest BCUT2D eigenvalue weighted by atomic mass is 9.77. The van der Waals surface area contributed by atoms with E-state index in [0.717, 1.165) is 13.2 Å². The number of aryl methyl sites for hydroxylation is 1. The van der Waals surface area contributed by atoms with Gasteiger partial charge in [-0.2, -0.15) is 0 Å². The first-order valence-corrected chi connectivity index (χ1v) is 9.02. The summed E-state index contributed by atoms with van der Waals surface area (Å²) >= 11 is 1.85. The van der Waals surface area contributed by atoms with Crippen LogP contribution in [-0.2, 0) is 4.74 Å². The lowest BCUT2D eigenvalue weighted by molar-refractivity contribution is -0.0911. The van der Waals surface area contributed by atoms with E-state index in [0.29, 0.717) is 6.04 Å². The third-order valence-corrected chi connectivity index (χ3v) is 5.22. The molecule has 2 rings (SSSR count). The van der Waals surface area contributed by atoms with Gasteiger partial charge in [-0.3, -0.25) is 0 Å². The highest BCUT2D eigenvalue weighted by atomic mass is 32.1. The first-order valence-electron chi connectivity index (χ1n) is 8.14. The predicted molar refractivity (Wildman–Crippen MR) is 87.5 cm³/mol. The highest BCUT2D eigenvalue weighted by Crippen LogP contribution is 2.42. The number of hydrogen-bond donors (Lipinski definition) is 1. The van der Waals surface area contributed by atoms with Gasteiger partial charge in [-0.1, -0.05) is 26.2 Å². The van der Waals surface area contributed by atoms with Crippen molar-refractivity contribution in [3.8, 4) is 0 Å². The summed E-state index contributed by atoms with van der Waals surface area (Å²) in [6.45, 7) is 8.43. The maximum absolute atomic E-state index is 6.34. The maximum Gasteiger partial charge on any atom is 0.0876 e. The lowest BCUT2D eigenvalue weighted by Crippen LogP contribution is -2.47. The Balaban J connectivity index is 2.26. The van der Waals surface area contributed by atoms with Gasteiger partial charge in [0.15, 0.2) is 0 Å². The molecule has 1 aromatic heterocycles. The Morgan fingerprint density at radius 1 is 1.30 bits per heavy atom. The van der Waals surface area contributed by atoms with Gasteiger partial charge in [0.25, 0.3) is 0 Å². The smallest absolute Gasteiger partial charge is 0.0876 e. The van der Waals surface area contributed by atoms with Crippen molar-refractivity contribution in [3.05, 3.63) is 21.9 Å². The zero-order valence-electron chi connectivity index (χ0n) is 13.2. The van der Waals surface area contributed by atoms with Crippen molar-refractivity contribution in [2.24, 2.45) is 0 Å². The number of nitrogens with one attached hydrogen (secondary N) is 1. The Morgan fingerprint density at radius 3 is 2.60 bits per heavy atom. The molecule has 1 aliphatic rings. The van der Waals surface area contributed by atoms with Crippen molar-refractivity contribution in [3.63, 3.8) is 0 Å². The first kappa shape index (κ1) is 16.0. The molecular weight excluding hydrogens is 266 g/mol. The molecule has 0 spiro atoms. The number of ether oxygens (including phenoxy) is 1. The Labute approximate surface area is 127 Å². The predicted octanol–water partition coefficient (Wildman–Crippen LogP) is 4.84. The van der Waals surface area contributed by atoms with Crippen LogP contribution in [0.15, 0.2) is 11.4 Å². The van der Waals surface area contributed by atoms with Gasteiger partial charge in [0, 0.05) is 11.5 Å². The van der Waals surface area contributed by atoms with Gasteiger partial charge in [0.2, 0.25) is 0 Å². The van der Waals surface area contributed by atoms with Crippen LogP contribution >= 0.6 is 11.3 Å². The van der Waals surface area contributed by atoms with Crippen molar-refractivity contribution < 1.29 is 4.74 Å². The van der Waals surface area contributed by atoms with Crippen LogP contribution in [-0.4, -0.2) is 18.8 Å². The van der Waals surface area contributed by atoms with Crippen molar-refractivity contribution in [2.45, 2.75) is 70.9 Å². The Kier molecular flexibility index (Phi) is 6.06. The van der Waals surface area contributed by atoms with Crippen LogP contribution in [0.4, 0.5) is 0 Å². The van der Waals surface area contributed by atoms with Gasteiger partial charge in [0.1, 0.15) is 0 Å². The van der Waals surface area contributed by atoms with E-state index in [2.05, 4.69) is 37.5 Å². The van der Waals surface area contributed by atoms with Gasteiger partial charge < -0.3 is 10.1 Å². The fourth-order valence-corrected chi connectivity index (χ4v) is 4.20. The zero-order chi connectivity index (χ0) is 14.4. The summed E-state index contributed by atoms with van der Waals surface area (Å²) in [5, 5.41) is 6.09. The highest BCUT2D eigenvalue weighted by Gasteiger charge is 2.41. The van der Waals surface area contributed by atoms with E-state index in [9.17, 15) is 0 Å². The molecule has 114 valence electrons. The Morgan fingerprint density at radius 2 is 2.05 bits per heavy atom. The fourth-order valence-electron chi connectivity index (χ4n) is 3.47. The van der Waals surface area contributed by atoms with Crippen LogP contribution in [0.3, 0.4) is 0 Å². The van der Waals surface area contributed by atoms with Gasteiger partial charge in [0.05, 0.1) is 11.6 Å². The Hall–Kier alpha value is -0.380. The molecule has 1 atom stereocenters. The summed E-state index contributed by atoms with van der Waals surface area (Å²) in [7, 11) is 0. The molecule has 0 aliphatic heterocycles. The molecule has 1 aliphatic carbocycles. The largest absolute Gasteiger partial charge is 0.373 e. The summed E-state index contributed by atoms with van der Waals surface area (Å²) in [5.41, 5.74) is 1.44. The van der Waals surface area contributed by atoms with Crippen LogP contribution in [0.1, 0.15) is 68.9 Å². The quantitative estimate of drug-likeness (QED) is 0.777. The number of rotatable bonds is 7. The molecule has 0 bridgehead atoms. The molecule has 1 N–H and O–H groups in total. The minimum absolute atomic E-state index is 0.00961. The second-order valence-corrected chi connectivity index (χ2v) is 7.05. The van der Waals surface area contributed by atoms with Crippen molar-refractivity contribution in [1.82, 2.24) is 5.32 Å². The van der Waals surface area contributed by atoms with Crippen LogP contribution < -0.4 is 5.32 Å². The molecule has 1 aromatic rings. The molecule has 0 aromatic carbocycles. The van der Waals surface area contributed by atoms with E-state index in [1.165, 1.54) is 49.0 Å². The van der Waals surface area contributed by atoms with Crippen LogP contribution in [0.5, 0.6) is 0 Å². The Bertz CT molecular complexity index is 390. The molecule has 0 saturated heterocycles. The van der Waals surface area contributed by atoms with Crippen molar-refractivity contribution >= 4 is 11.3 Å². The molecule has 20 heavy (non-hydrogen) atoms. The average molecular weight is 295 g/mol. The minimum Gasteiger partial charge on any atom is -0.373 e. The van der Waals surface area contributed by atoms with Crippen molar-refractivity contribution in [1.29, 1.82) is 0 Å². The molecule has 1 fully saturated rings. The maximum atomic E-state index is 6.34. The standard InChI is InChI=1S/C17H29NOS/c1-4-11-18-16(15-12-14(3)20-13-15)17(19-5-2)9-7-6-8-10-17/h12-13,16,18H,4-11H2,1-3H3. The van der Waals surface area contributed by atoms with Gasteiger partial charge in [-0.05, 0) is 56.7 Å². The average Bonchev–Trinajstić information content (AvgIpc) is 2.87. The summed E-state index contributed by atoms with van der Waals surface area (Å²) < 4.78 is 6.34. The number of thiophene rings is 1. The molecule has 3 heteroatoms. The molecular formula is C17H29NOS. The van der Waals surface area contributed by atoms with E-state index in [-0.39, 0.29) is 5.60 Å². The third-order valence-electron chi connectivity index (χ3n) is 4.34. The summed E-state index contributed by atoms with van der Waals surface area (Å²) in [6, 6.07) is 2.69. The first-order chi connectivity index (χ1) is 9.72. The normalized spacial score (nSPS) is 19.9. The summed E-state index contributed by atoms with van der Waals surface area (Å²) in [5.74, 6) is 0. The van der Waals surface area contributed by atoms with Gasteiger partial charge in [-0.25, -0.2) is 0 Å². The van der Waals surface area contributed by atoms with Crippen LogP contribution in [0, 0.1) is 6.92 Å². The number of hydrogen-bond acceptors (Lipinski definition) is 3. The fraction of sp³-hybridized carbons (Fsp3) is 0.765. The second kappa shape index (κ2) is 7.58. The second-order valence-electron chi connectivity index (χ2n) is 5.94. The summed E-state index contributed by atoms with van der Waals surface area (Å²) in [6.07, 6.45) is 7.51. The molecule has 1 unspecified atom stereocenters. The van der Waals surface area contributed by atoms with Gasteiger partial charge >= 0.3 is 0 Å². The molecule has 0 radical (unpaired) electrons. The molecule has 1 heterocycles. The summed E-state index contributed by atoms with van der Waals surface area (Å²) in [4.78, 5) is 1.39. The van der Waals surface area contributed by atoms with Gasteiger partial charge in [-0.15, -0.1) is 11.3 Å². The van der Waals surface area contributed by atoms with E-state index < -0.39 is 0 Å². The SMILES string of the molecule is CCCNC(c1csc(C)c1)C1(OCC)CCCCC1. The molecule has 1 saturated carbocycles. The van der Waals surface area contributed by atoms with E-state index in [1.54, 1.807) is 0 Å². The van der Waals surface area contributed by atoms with Crippen LogP contribution in [0.25, 0.3) is 0 Å². The van der Waals surface area contributed by atoms with Crippen LogP contribution in [0.2, 0.25) is 0 Å². The van der Waals surface area contributed by atoms with E-state index in [1.807, 2.05) is 11.3 Å². The monoisotopic (exact) mass is 295 g/mol. The van der Waals surface area contributed by atoms with E-state index >= 15 is 0 Å². The highest BCUT2D eigenvalue weighted by molar-refractivity contribution is 7.10. The third kappa shape index (κ3) is 3.63. The lowest BCUT2D eigenvalue weighted by Gasteiger charge is -2.43.